The van der Waals surface area contributed by atoms with Gasteiger partial charge in [-0.05, 0) is 24.6 Å². The molecule has 3 nitrogen and oxygen atoms in total. The van der Waals surface area contributed by atoms with E-state index in [9.17, 15) is 4.79 Å². The van der Waals surface area contributed by atoms with Crippen molar-refractivity contribution in [1.29, 1.82) is 0 Å². The number of rotatable bonds is 2. The molecule has 1 fully saturated rings. The van der Waals surface area contributed by atoms with Crippen LogP contribution in [0.1, 0.15) is 12.5 Å². The number of carbonyl (C=O) groups is 1. The summed E-state index contributed by atoms with van der Waals surface area (Å²) in [6.07, 6.45) is 0.571. The van der Waals surface area contributed by atoms with Gasteiger partial charge in [0, 0.05) is 18.1 Å². The molecular weight excluding hydrogens is 238 g/mol. The predicted octanol–water partition coefficient (Wildman–Crippen LogP) is 2.13. The van der Waals surface area contributed by atoms with Crippen LogP contribution < -0.4 is 0 Å². The van der Waals surface area contributed by atoms with Crippen molar-refractivity contribution in [3.63, 3.8) is 0 Å². The maximum Gasteiger partial charge on any atom is 0.227 e. The lowest BCUT2D eigenvalue weighted by atomic mass is 10.1. The summed E-state index contributed by atoms with van der Waals surface area (Å²) in [5.41, 5.74) is 0.999. The van der Waals surface area contributed by atoms with Gasteiger partial charge in [0.2, 0.25) is 5.91 Å². The molecule has 0 saturated carbocycles. The molecule has 1 atom stereocenters. The van der Waals surface area contributed by atoms with Crippen LogP contribution in [-0.2, 0) is 16.0 Å². The lowest BCUT2D eigenvalue weighted by Gasteiger charge is -2.31. The van der Waals surface area contributed by atoms with Crippen LogP contribution in [0.4, 0.5) is 0 Å². The fourth-order valence-corrected chi connectivity index (χ4v) is 2.06. The Hall–Kier alpha value is -1.06. The molecular formula is C13H16ClNO2. The SMILES string of the molecule is CC1CN(C(=O)Cc2ccc(Cl)cc2)CCO1. The Kier molecular flexibility index (Phi) is 4.02. The van der Waals surface area contributed by atoms with E-state index in [1.165, 1.54) is 0 Å². The molecule has 0 radical (unpaired) electrons. The smallest absolute Gasteiger partial charge is 0.227 e. The number of hydrogen-bond donors (Lipinski definition) is 0. The number of hydrogen-bond acceptors (Lipinski definition) is 2. The van der Waals surface area contributed by atoms with Gasteiger partial charge in [-0.1, -0.05) is 23.7 Å². The molecule has 1 amide bonds. The van der Waals surface area contributed by atoms with E-state index in [0.29, 0.717) is 31.1 Å². The monoisotopic (exact) mass is 253 g/mol. The van der Waals surface area contributed by atoms with Crippen LogP contribution in [0.25, 0.3) is 0 Å². The molecule has 0 spiro atoms. The third-order valence-corrected chi connectivity index (χ3v) is 3.11. The maximum atomic E-state index is 12.0. The summed E-state index contributed by atoms with van der Waals surface area (Å²) in [7, 11) is 0. The molecule has 0 N–H and O–H groups in total. The number of nitrogens with zero attached hydrogens (tertiary/aromatic N) is 1. The topological polar surface area (TPSA) is 29.5 Å². The summed E-state index contributed by atoms with van der Waals surface area (Å²) < 4.78 is 5.41. The van der Waals surface area contributed by atoms with Gasteiger partial charge in [0.1, 0.15) is 0 Å². The Morgan fingerprint density at radius 1 is 1.47 bits per heavy atom. The van der Waals surface area contributed by atoms with E-state index in [1.807, 2.05) is 36.1 Å². The van der Waals surface area contributed by atoms with Crippen molar-refractivity contribution in [3.8, 4) is 0 Å². The number of benzene rings is 1. The largest absolute Gasteiger partial charge is 0.375 e. The second-order valence-electron chi connectivity index (χ2n) is 4.32. The zero-order chi connectivity index (χ0) is 12.3. The van der Waals surface area contributed by atoms with E-state index in [2.05, 4.69) is 0 Å². The zero-order valence-corrected chi connectivity index (χ0v) is 10.6. The fraction of sp³-hybridized carbons (Fsp3) is 0.462. The zero-order valence-electron chi connectivity index (χ0n) is 9.86. The highest BCUT2D eigenvalue weighted by Crippen LogP contribution is 2.12. The minimum Gasteiger partial charge on any atom is -0.375 e. The van der Waals surface area contributed by atoms with Gasteiger partial charge in [0.15, 0.2) is 0 Å². The number of ether oxygens (including phenoxy) is 1. The molecule has 1 aliphatic heterocycles. The Balaban J connectivity index is 1.94. The Labute approximate surface area is 106 Å². The molecule has 0 aromatic heterocycles. The molecule has 1 aliphatic rings. The van der Waals surface area contributed by atoms with Crippen LogP contribution in [0.15, 0.2) is 24.3 Å². The quantitative estimate of drug-likeness (QED) is 0.808. The van der Waals surface area contributed by atoms with Crippen molar-refractivity contribution in [2.75, 3.05) is 19.7 Å². The van der Waals surface area contributed by atoms with Crippen LogP contribution in [-0.4, -0.2) is 36.6 Å². The predicted molar refractivity (Wildman–Crippen MR) is 67.2 cm³/mol. The van der Waals surface area contributed by atoms with Crippen molar-refractivity contribution < 1.29 is 9.53 Å². The summed E-state index contributed by atoms with van der Waals surface area (Å²) in [6.45, 7) is 4.00. The highest BCUT2D eigenvalue weighted by molar-refractivity contribution is 6.30. The number of morpholine rings is 1. The summed E-state index contributed by atoms with van der Waals surface area (Å²) >= 11 is 5.80. The van der Waals surface area contributed by atoms with E-state index in [1.54, 1.807) is 0 Å². The van der Waals surface area contributed by atoms with Crippen LogP contribution in [0.3, 0.4) is 0 Å². The Bertz CT molecular complexity index is 391. The maximum absolute atomic E-state index is 12.0. The van der Waals surface area contributed by atoms with Gasteiger partial charge in [-0.25, -0.2) is 0 Å². The Morgan fingerprint density at radius 2 is 2.18 bits per heavy atom. The first-order chi connectivity index (χ1) is 8.15. The molecule has 4 heteroatoms. The summed E-state index contributed by atoms with van der Waals surface area (Å²) in [5.74, 6) is 0.155. The molecule has 1 aromatic carbocycles. The van der Waals surface area contributed by atoms with Crippen molar-refractivity contribution in [3.05, 3.63) is 34.9 Å². The normalized spacial score (nSPS) is 20.4. The highest BCUT2D eigenvalue weighted by Gasteiger charge is 2.21. The van der Waals surface area contributed by atoms with Crippen LogP contribution in [0, 0.1) is 0 Å². The van der Waals surface area contributed by atoms with Crippen LogP contribution in [0.2, 0.25) is 5.02 Å². The standard InChI is InChI=1S/C13H16ClNO2/c1-10-9-15(6-7-17-10)13(16)8-11-2-4-12(14)5-3-11/h2-5,10H,6-9H2,1H3. The second kappa shape index (κ2) is 5.52. The molecule has 2 rings (SSSR count). The molecule has 1 unspecified atom stereocenters. The van der Waals surface area contributed by atoms with E-state index >= 15 is 0 Å². The third kappa shape index (κ3) is 3.45. The van der Waals surface area contributed by atoms with Gasteiger partial charge in [0.25, 0.3) is 0 Å². The van der Waals surface area contributed by atoms with Gasteiger partial charge in [-0.3, -0.25) is 4.79 Å². The molecule has 0 bridgehead atoms. The van der Waals surface area contributed by atoms with Gasteiger partial charge in [-0.15, -0.1) is 0 Å². The average Bonchev–Trinajstić information content (AvgIpc) is 2.32. The molecule has 92 valence electrons. The highest BCUT2D eigenvalue weighted by atomic mass is 35.5. The molecule has 0 aliphatic carbocycles. The summed E-state index contributed by atoms with van der Waals surface area (Å²) in [6, 6.07) is 7.41. The lowest BCUT2D eigenvalue weighted by molar-refractivity contribution is -0.137. The molecule has 1 aromatic rings. The van der Waals surface area contributed by atoms with E-state index in [0.717, 1.165) is 5.56 Å². The molecule has 17 heavy (non-hydrogen) atoms. The summed E-state index contributed by atoms with van der Waals surface area (Å²) in [5, 5.41) is 0.696. The van der Waals surface area contributed by atoms with Crippen LogP contribution >= 0.6 is 11.6 Å². The van der Waals surface area contributed by atoms with Gasteiger partial charge in [0.05, 0.1) is 19.1 Å². The number of halogens is 1. The van der Waals surface area contributed by atoms with Gasteiger partial charge < -0.3 is 9.64 Å². The fourth-order valence-electron chi connectivity index (χ4n) is 1.93. The van der Waals surface area contributed by atoms with Crippen molar-refractivity contribution in [2.45, 2.75) is 19.4 Å². The lowest BCUT2D eigenvalue weighted by Crippen LogP contribution is -2.45. The second-order valence-corrected chi connectivity index (χ2v) is 4.76. The van der Waals surface area contributed by atoms with Crippen molar-refractivity contribution >= 4 is 17.5 Å². The van der Waals surface area contributed by atoms with E-state index < -0.39 is 0 Å². The van der Waals surface area contributed by atoms with Gasteiger partial charge in [-0.2, -0.15) is 0 Å². The summed E-state index contributed by atoms with van der Waals surface area (Å²) in [4.78, 5) is 13.9. The third-order valence-electron chi connectivity index (χ3n) is 2.86. The van der Waals surface area contributed by atoms with Crippen molar-refractivity contribution in [2.24, 2.45) is 0 Å². The number of amides is 1. The average molecular weight is 254 g/mol. The first-order valence-electron chi connectivity index (χ1n) is 5.79. The molecule has 1 heterocycles. The van der Waals surface area contributed by atoms with E-state index in [4.69, 9.17) is 16.3 Å². The van der Waals surface area contributed by atoms with Crippen molar-refractivity contribution in [1.82, 2.24) is 4.90 Å². The van der Waals surface area contributed by atoms with E-state index in [-0.39, 0.29) is 12.0 Å². The minimum atomic E-state index is 0.137. The Morgan fingerprint density at radius 3 is 2.82 bits per heavy atom. The first-order valence-corrected chi connectivity index (χ1v) is 6.17. The van der Waals surface area contributed by atoms with Crippen LogP contribution in [0.5, 0.6) is 0 Å². The van der Waals surface area contributed by atoms with Gasteiger partial charge >= 0.3 is 0 Å². The molecule has 1 saturated heterocycles. The number of carbonyl (C=O) groups excluding carboxylic acids is 1. The first kappa shape index (κ1) is 12.4. The minimum absolute atomic E-state index is 0.137.